The minimum Gasteiger partial charge on any atom is -0.480 e. The molecule has 2 N–H and O–H groups in total. The summed E-state index contributed by atoms with van der Waals surface area (Å²) in [7, 11) is 0. The summed E-state index contributed by atoms with van der Waals surface area (Å²) in [5.41, 5.74) is -0.500. The third-order valence-corrected chi connectivity index (χ3v) is 6.59. The van der Waals surface area contributed by atoms with Crippen LogP contribution in [-0.4, -0.2) is 65.0 Å². The monoisotopic (exact) mass is 405 g/mol. The number of carbonyl (C=O) groups is 2. The van der Waals surface area contributed by atoms with Crippen LogP contribution in [0.5, 0.6) is 0 Å². The first kappa shape index (κ1) is 22.1. The van der Waals surface area contributed by atoms with Crippen LogP contribution in [0.1, 0.15) is 51.4 Å². The van der Waals surface area contributed by atoms with Crippen LogP contribution in [0.2, 0.25) is 0 Å². The number of nitrogens with zero attached hydrogens (tertiary/aromatic N) is 1. The van der Waals surface area contributed by atoms with Crippen molar-refractivity contribution in [1.82, 2.24) is 0 Å². The minimum atomic E-state index is -1.12. The fourth-order valence-electron chi connectivity index (χ4n) is 4.19. The Morgan fingerprint density at radius 3 is 2.11 bits per heavy atom. The number of nitroso groups, excluding NO2 is 1. The number of carboxylic acids is 2. The largest absolute Gasteiger partial charge is 0.480 e. The topological polar surface area (TPSA) is 132 Å². The highest BCUT2D eigenvalue weighted by Gasteiger charge is 2.56. The number of aliphatic carboxylic acids is 2. The first-order chi connectivity index (χ1) is 12.9. The lowest BCUT2D eigenvalue weighted by atomic mass is 9.66. The van der Waals surface area contributed by atoms with Crippen molar-refractivity contribution in [1.29, 1.82) is 0 Å². The van der Waals surface area contributed by atoms with Crippen molar-refractivity contribution in [3.05, 3.63) is 4.91 Å². The molecule has 27 heavy (non-hydrogen) atoms. The molecule has 1 atom stereocenters. The molecule has 2 aliphatic rings. The predicted molar refractivity (Wildman–Crippen MR) is 97.6 cm³/mol. The third kappa shape index (κ3) is 5.87. The first-order valence-corrected chi connectivity index (χ1v) is 9.98. The van der Waals surface area contributed by atoms with Crippen molar-refractivity contribution < 1.29 is 34.0 Å². The SMILES string of the molecule is O=NSC12CCCCC1(OCC(COCC(=O)O)OCC(=O)O)CCCC2. The number of fused-ring (bicyclic) bond motifs is 1. The van der Waals surface area contributed by atoms with Crippen LogP contribution in [-0.2, 0) is 23.8 Å². The van der Waals surface area contributed by atoms with Gasteiger partial charge in [-0.25, -0.2) is 9.59 Å². The van der Waals surface area contributed by atoms with E-state index < -0.39 is 36.9 Å². The highest BCUT2D eigenvalue weighted by molar-refractivity contribution is 7.99. The molecule has 0 radical (unpaired) electrons. The molecule has 0 aromatic rings. The third-order valence-electron chi connectivity index (χ3n) is 5.38. The van der Waals surface area contributed by atoms with E-state index in [1.54, 1.807) is 0 Å². The molecule has 0 bridgehead atoms. The van der Waals surface area contributed by atoms with Crippen LogP contribution in [0.3, 0.4) is 0 Å². The van der Waals surface area contributed by atoms with Crippen molar-refractivity contribution in [2.45, 2.75) is 67.8 Å². The molecule has 1 unspecified atom stereocenters. The summed E-state index contributed by atoms with van der Waals surface area (Å²) in [4.78, 5) is 32.5. The second-order valence-electron chi connectivity index (χ2n) is 7.12. The Morgan fingerprint density at radius 1 is 0.963 bits per heavy atom. The highest BCUT2D eigenvalue weighted by atomic mass is 32.2. The molecular formula is C17H27NO8S. The summed E-state index contributed by atoms with van der Waals surface area (Å²) in [6, 6.07) is 0. The number of rotatable bonds is 12. The van der Waals surface area contributed by atoms with Crippen molar-refractivity contribution in [3.63, 3.8) is 0 Å². The summed E-state index contributed by atoms with van der Waals surface area (Å²) in [6.07, 6.45) is 6.69. The Bertz CT molecular complexity index is 517. The van der Waals surface area contributed by atoms with Gasteiger partial charge in [0.15, 0.2) is 0 Å². The van der Waals surface area contributed by atoms with Gasteiger partial charge < -0.3 is 24.4 Å². The van der Waals surface area contributed by atoms with Gasteiger partial charge in [0.25, 0.3) is 0 Å². The van der Waals surface area contributed by atoms with Gasteiger partial charge in [-0.2, -0.15) is 0 Å². The van der Waals surface area contributed by atoms with Crippen molar-refractivity contribution in [2.24, 2.45) is 4.58 Å². The van der Waals surface area contributed by atoms with Crippen LogP contribution < -0.4 is 0 Å². The Kier molecular flexibility index (Phi) is 8.46. The van der Waals surface area contributed by atoms with Crippen LogP contribution in [0.25, 0.3) is 0 Å². The molecule has 0 heterocycles. The molecule has 0 amide bonds. The Balaban J connectivity index is 2.04. The number of hydrogen-bond donors (Lipinski definition) is 2. The molecular weight excluding hydrogens is 378 g/mol. The summed E-state index contributed by atoms with van der Waals surface area (Å²) in [5, 5.41) is 17.5. The van der Waals surface area contributed by atoms with Gasteiger partial charge >= 0.3 is 11.9 Å². The van der Waals surface area contributed by atoms with Crippen LogP contribution >= 0.6 is 11.9 Å². The second-order valence-corrected chi connectivity index (χ2v) is 8.23. The second kappa shape index (κ2) is 10.4. The first-order valence-electron chi connectivity index (χ1n) is 9.21. The van der Waals surface area contributed by atoms with E-state index in [2.05, 4.69) is 4.58 Å². The molecule has 0 saturated heterocycles. The number of hydrogen-bond acceptors (Lipinski definition) is 8. The fraction of sp³-hybridized carbons (Fsp3) is 0.882. The molecule has 0 spiro atoms. The maximum atomic E-state index is 11.1. The Hall–Kier alpha value is -1.23. The van der Waals surface area contributed by atoms with Crippen molar-refractivity contribution >= 4 is 23.9 Å². The maximum Gasteiger partial charge on any atom is 0.329 e. The van der Waals surface area contributed by atoms with E-state index in [9.17, 15) is 14.5 Å². The van der Waals surface area contributed by atoms with Gasteiger partial charge in [-0.05, 0) is 25.7 Å². The molecule has 0 aromatic carbocycles. The van der Waals surface area contributed by atoms with E-state index in [4.69, 9.17) is 24.4 Å². The maximum absolute atomic E-state index is 11.1. The lowest BCUT2D eigenvalue weighted by Crippen LogP contribution is -2.58. The molecule has 0 aliphatic heterocycles. The van der Waals surface area contributed by atoms with E-state index in [0.29, 0.717) is 0 Å². The van der Waals surface area contributed by atoms with Gasteiger partial charge in [0.05, 0.1) is 23.6 Å². The lowest BCUT2D eigenvalue weighted by molar-refractivity contribution is -0.166. The van der Waals surface area contributed by atoms with Crippen LogP contribution in [0.15, 0.2) is 4.58 Å². The Morgan fingerprint density at radius 2 is 1.56 bits per heavy atom. The molecule has 10 heteroatoms. The zero-order valence-corrected chi connectivity index (χ0v) is 16.1. The van der Waals surface area contributed by atoms with Gasteiger partial charge in [0.1, 0.15) is 19.3 Å². The number of carboxylic acid groups (broad SMARTS) is 2. The molecule has 154 valence electrons. The van der Waals surface area contributed by atoms with Crippen LogP contribution in [0, 0.1) is 4.91 Å². The van der Waals surface area contributed by atoms with Gasteiger partial charge in [0, 0.05) is 16.5 Å². The zero-order valence-electron chi connectivity index (χ0n) is 15.3. The predicted octanol–water partition coefficient (Wildman–Crippen LogP) is 2.61. The van der Waals surface area contributed by atoms with Crippen molar-refractivity contribution in [3.8, 4) is 0 Å². The Labute approximate surface area is 162 Å². The quantitative estimate of drug-likeness (QED) is 0.371. The standard InChI is InChI=1S/C17H27NO8S/c19-14(20)11-24-9-13(25-12-15(21)22)10-26-16-5-1-3-7-17(16,27-18-23)8-4-2-6-16/h13H,1-12H2,(H,19,20)(H,21,22). The zero-order chi connectivity index (χ0) is 19.8. The normalized spacial score (nSPS) is 28.9. The van der Waals surface area contributed by atoms with E-state index >= 15 is 0 Å². The van der Waals surface area contributed by atoms with E-state index in [0.717, 1.165) is 63.3 Å². The average Bonchev–Trinajstić information content (AvgIpc) is 2.63. The lowest BCUT2D eigenvalue weighted by Gasteiger charge is -2.54. The average molecular weight is 405 g/mol. The summed E-state index contributed by atoms with van der Waals surface area (Å²) in [5.74, 6) is -2.24. The van der Waals surface area contributed by atoms with Crippen LogP contribution in [0.4, 0.5) is 0 Å². The van der Waals surface area contributed by atoms with Gasteiger partial charge in [-0.3, -0.25) is 0 Å². The van der Waals surface area contributed by atoms with E-state index in [-0.39, 0.29) is 18.0 Å². The van der Waals surface area contributed by atoms with Gasteiger partial charge in [-0.15, -0.1) is 4.91 Å². The highest BCUT2D eigenvalue weighted by Crippen LogP contribution is 2.56. The molecule has 2 rings (SSSR count). The van der Waals surface area contributed by atoms with Gasteiger partial charge in [0.2, 0.25) is 0 Å². The fourth-order valence-corrected chi connectivity index (χ4v) is 5.23. The smallest absolute Gasteiger partial charge is 0.329 e. The van der Waals surface area contributed by atoms with E-state index in [1.807, 2.05) is 0 Å². The van der Waals surface area contributed by atoms with Crippen molar-refractivity contribution in [2.75, 3.05) is 26.4 Å². The molecule has 0 aromatic heterocycles. The van der Waals surface area contributed by atoms with E-state index in [1.165, 1.54) is 0 Å². The minimum absolute atomic E-state index is 0.0774. The summed E-state index contributed by atoms with van der Waals surface area (Å²) < 4.78 is 19.5. The summed E-state index contributed by atoms with van der Waals surface area (Å²) in [6.45, 7) is -1.02. The van der Waals surface area contributed by atoms with Gasteiger partial charge in [-0.1, -0.05) is 25.7 Å². The molecule has 2 aliphatic carbocycles. The summed E-state index contributed by atoms with van der Waals surface area (Å²) >= 11 is 1.07. The number of ether oxygens (including phenoxy) is 3. The molecule has 9 nitrogen and oxygen atoms in total. The molecule has 2 saturated carbocycles. The molecule has 2 fully saturated rings.